The van der Waals surface area contributed by atoms with Gasteiger partial charge >= 0.3 is 0 Å². The van der Waals surface area contributed by atoms with Crippen LogP contribution >= 0.6 is 0 Å². The van der Waals surface area contributed by atoms with E-state index in [0.29, 0.717) is 17.6 Å². The molecule has 2 atom stereocenters. The Morgan fingerprint density at radius 1 is 1.03 bits per heavy atom. The van der Waals surface area contributed by atoms with Crippen molar-refractivity contribution < 1.29 is 9.53 Å². The van der Waals surface area contributed by atoms with E-state index in [4.69, 9.17) is 4.74 Å². The summed E-state index contributed by atoms with van der Waals surface area (Å²) in [5.74, 6) is 2.11. The van der Waals surface area contributed by atoms with Crippen LogP contribution < -0.4 is 4.74 Å². The Bertz CT molecular complexity index is 891. The number of Topliss-reactive ketones (excluding diaryl/α,β-unsaturated/α-hetero) is 1. The molecular formula is C27H33NO2. The summed E-state index contributed by atoms with van der Waals surface area (Å²) in [4.78, 5) is 17.5. The summed E-state index contributed by atoms with van der Waals surface area (Å²) in [5, 5.41) is 0. The molecule has 0 saturated heterocycles. The number of ether oxygens (including phenoxy) is 1. The smallest absolute Gasteiger partial charge is 0.162 e. The van der Waals surface area contributed by atoms with E-state index in [1.807, 2.05) is 54.7 Å². The van der Waals surface area contributed by atoms with E-state index in [0.717, 1.165) is 54.0 Å². The summed E-state index contributed by atoms with van der Waals surface area (Å²) in [5.41, 5.74) is 3.96. The highest BCUT2D eigenvalue weighted by Crippen LogP contribution is 2.35. The molecule has 3 heteroatoms. The fourth-order valence-electron chi connectivity index (χ4n) is 3.88. The van der Waals surface area contributed by atoms with Gasteiger partial charge in [-0.15, -0.1) is 0 Å². The third-order valence-electron chi connectivity index (χ3n) is 5.80. The van der Waals surface area contributed by atoms with E-state index in [9.17, 15) is 4.79 Å². The molecule has 158 valence electrons. The SMILES string of the molecule is CCCOc1ccc(C=Nc2ccc(C=C3C(=O)[C@@H](C(C)C)CC[C@H]3C)cc2)cc1. The van der Waals surface area contributed by atoms with Gasteiger partial charge in [-0.1, -0.05) is 39.8 Å². The summed E-state index contributed by atoms with van der Waals surface area (Å²) in [6, 6.07) is 16.0. The van der Waals surface area contributed by atoms with Gasteiger partial charge < -0.3 is 4.74 Å². The van der Waals surface area contributed by atoms with Crippen molar-refractivity contribution in [1.82, 2.24) is 0 Å². The molecule has 2 aromatic carbocycles. The molecule has 30 heavy (non-hydrogen) atoms. The van der Waals surface area contributed by atoms with Gasteiger partial charge in [0.25, 0.3) is 0 Å². The first-order valence-electron chi connectivity index (χ1n) is 11.1. The maximum Gasteiger partial charge on any atom is 0.162 e. The number of hydrogen-bond donors (Lipinski definition) is 0. The van der Waals surface area contributed by atoms with E-state index in [1.165, 1.54) is 0 Å². The van der Waals surface area contributed by atoms with E-state index in [2.05, 4.69) is 38.8 Å². The minimum absolute atomic E-state index is 0.162. The predicted octanol–water partition coefficient (Wildman–Crippen LogP) is 6.88. The highest BCUT2D eigenvalue weighted by atomic mass is 16.5. The molecule has 0 aliphatic heterocycles. The van der Waals surface area contributed by atoms with Gasteiger partial charge in [0.1, 0.15) is 5.75 Å². The number of carbonyl (C=O) groups is 1. The number of ketones is 1. The zero-order chi connectivity index (χ0) is 21.5. The average molecular weight is 404 g/mol. The molecule has 1 saturated carbocycles. The monoisotopic (exact) mass is 403 g/mol. The van der Waals surface area contributed by atoms with Crippen LogP contribution in [-0.2, 0) is 4.79 Å². The van der Waals surface area contributed by atoms with Crippen molar-refractivity contribution in [3.05, 3.63) is 65.2 Å². The lowest BCUT2D eigenvalue weighted by atomic mass is 9.73. The van der Waals surface area contributed by atoms with Gasteiger partial charge in [-0.05, 0) is 90.3 Å². The molecule has 1 aliphatic rings. The number of benzene rings is 2. The number of nitrogens with zero attached hydrogens (tertiary/aromatic N) is 1. The molecule has 3 rings (SSSR count). The Morgan fingerprint density at radius 2 is 1.70 bits per heavy atom. The lowest BCUT2D eigenvalue weighted by molar-refractivity contribution is -0.122. The number of allylic oxidation sites excluding steroid dienone is 1. The van der Waals surface area contributed by atoms with Crippen LogP contribution in [0.1, 0.15) is 58.1 Å². The van der Waals surface area contributed by atoms with Crippen LogP contribution in [0.5, 0.6) is 5.75 Å². The summed E-state index contributed by atoms with van der Waals surface area (Å²) >= 11 is 0. The van der Waals surface area contributed by atoms with Crippen molar-refractivity contribution in [3.63, 3.8) is 0 Å². The lowest BCUT2D eigenvalue weighted by Crippen LogP contribution is -2.30. The quantitative estimate of drug-likeness (QED) is 0.373. The maximum atomic E-state index is 12.9. The molecule has 2 aromatic rings. The summed E-state index contributed by atoms with van der Waals surface area (Å²) in [7, 11) is 0. The topological polar surface area (TPSA) is 38.7 Å². The van der Waals surface area contributed by atoms with Crippen LogP contribution in [0.3, 0.4) is 0 Å². The fourth-order valence-corrected chi connectivity index (χ4v) is 3.88. The van der Waals surface area contributed by atoms with Gasteiger partial charge in [-0.2, -0.15) is 0 Å². The third kappa shape index (κ3) is 5.69. The minimum Gasteiger partial charge on any atom is -0.494 e. The molecule has 0 bridgehead atoms. The van der Waals surface area contributed by atoms with Crippen molar-refractivity contribution in [3.8, 4) is 5.75 Å². The van der Waals surface area contributed by atoms with E-state index >= 15 is 0 Å². The second-order valence-electron chi connectivity index (χ2n) is 8.56. The van der Waals surface area contributed by atoms with Crippen LogP contribution in [0.2, 0.25) is 0 Å². The van der Waals surface area contributed by atoms with Crippen LogP contribution in [0.4, 0.5) is 5.69 Å². The van der Waals surface area contributed by atoms with Gasteiger partial charge in [-0.25, -0.2) is 0 Å². The molecule has 0 aromatic heterocycles. The van der Waals surface area contributed by atoms with Crippen LogP contribution in [0.15, 0.2) is 59.1 Å². The molecule has 3 nitrogen and oxygen atoms in total. The van der Waals surface area contributed by atoms with E-state index < -0.39 is 0 Å². The zero-order valence-electron chi connectivity index (χ0n) is 18.6. The van der Waals surface area contributed by atoms with E-state index in [-0.39, 0.29) is 5.92 Å². The summed E-state index contributed by atoms with van der Waals surface area (Å²) < 4.78 is 5.61. The zero-order valence-corrected chi connectivity index (χ0v) is 18.6. The highest BCUT2D eigenvalue weighted by molar-refractivity contribution is 6.02. The number of rotatable bonds is 7. The number of hydrogen-bond acceptors (Lipinski definition) is 3. The molecule has 0 unspecified atom stereocenters. The van der Waals surface area contributed by atoms with Gasteiger partial charge in [0, 0.05) is 12.1 Å². The van der Waals surface area contributed by atoms with Gasteiger partial charge in [0.05, 0.1) is 12.3 Å². The molecule has 0 amide bonds. The Kier molecular flexibility index (Phi) is 7.62. The fraction of sp³-hybridized carbons (Fsp3) is 0.407. The molecule has 1 fully saturated rings. The Hall–Kier alpha value is -2.68. The van der Waals surface area contributed by atoms with Crippen molar-refractivity contribution in [2.24, 2.45) is 22.7 Å². The first-order valence-corrected chi connectivity index (χ1v) is 11.1. The van der Waals surface area contributed by atoms with Crippen molar-refractivity contribution in [1.29, 1.82) is 0 Å². The second-order valence-corrected chi connectivity index (χ2v) is 8.56. The van der Waals surface area contributed by atoms with Crippen molar-refractivity contribution in [2.75, 3.05) is 6.61 Å². The largest absolute Gasteiger partial charge is 0.494 e. The molecule has 0 spiro atoms. The van der Waals surface area contributed by atoms with Gasteiger partial charge in [-0.3, -0.25) is 9.79 Å². The van der Waals surface area contributed by atoms with Crippen LogP contribution in [0, 0.1) is 17.8 Å². The normalized spacial score (nSPS) is 21.0. The first kappa shape index (κ1) is 22.0. The van der Waals surface area contributed by atoms with Gasteiger partial charge in [0.2, 0.25) is 0 Å². The Balaban J connectivity index is 1.68. The molecule has 0 radical (unpaired) electrons. The Labute approximate surface area is 180 Å². The summed E-state index contributed by atoms with van der Waals surface area (Å²) in [6.45, 7) is 9.29. The minimum atomic E-state index is 0.162. The lowest BCUT2D eigenvalue weighted by Gasteiger charge is -2.30. The number of carbonyl (C=O) groups excluding carboxylic acids is 1. The molecule has 0 heterocycles. The molecular weight excluding hydrogens is 370 g/mol. The van der Waals surface area contributed by atoms with Crippen LogP contribution in [0.25, 0.3) is 6.08 Å². The molecule has 0 N–H and O–H groups in total. The van der Waals surface area contributed by atoms with Crippen molar-refractivity contribution in [2.45, 2.75) is 47.0 Å². The standard InChI is InChI=1S/C27H33NO2/c1-5-16-30-24-13-9-22(10-14-24)18-28-23-11-7-21(8-12-23)17-26-20(4)6-15-25(19(2)3)27(26)29/h7-14,17-20,25H,5-6,15-16H2,1-4H3/t20-,25-/m1/s1. The predicted molar refractivity (Wildman–Crippen MR) is 126 cm³/mol. The second kappa shape index (κ2) is 10.4. The molecule has 1 aliphatic carbocycles. The summed E-state index contributed by atoms with van der Waals surface area (Å²) in [6.07, 6.45) is 7.03. The number of aliphatic imine (C=N–C) groups is 1. The van der Waals surface area contributed by atoms with Gasteiger partial charge in [0.15, 0.2) is 5.78 Å². The average Bonchev–Trinajstić information content (AvgIpc) is 2.75. The first-order chi connectivity index (χ1) is 14.5. The van der Waals surface area contributed by atoms with Crippen LogP contribution in [-0.4, -0.2) is 18.6 Å². The Morgan fingerprint density at radius 3 is 2.33 bits per heavy atom. The van der Waals surface area contributed by atoms with Crippen molar-refractivity contribution >= 4 is 23.8 Å². The highest BCUT2D eigenvalue weighted by Gasteiger charge is 2.32. The maximum absolute atomic E-state index is 12.9. The third-order valence-corrected chi connectivity index (χ3v) is 5.80. The van der Waals surface area contributed by atoms with E-state index in [1.54, 1.807) is 0 Å².